The number of amides is 1. The number of likely N-dealkylation sites (N-methyl/N-ethyl adjacent to an activating group) is 1. The molecule has 1 atom stereocenters. The molecule has 0 saturated carbocycles. The number of aryl methyl sites for hydroxylation is 1. The third-order valence-corrected chi connectivity index (χ3v) is 7.76. The van der Waals surface area contributed by atoms with Crippen LogP contribution in [0.1, 0.15) is 22.8 Å². The molecular formula is C29H32F4N6O3. The Kier molecular flexibility index (Phi) is 8.24. The molecule has 1 amide bonds. The van der Waals surface area contributed by atoms with E-state index in [1.54, 1.807) is 12.1 Å². The second kappa shape index (κ2) is 11.7. The highest BCUT2D eigenvalue weighted by atomic mass is 19.4. The third-order valence-electron chi connectivity index (χ3n) is 7.76. The van der Waals surface area contributed by atoms with Crippen molar-refractivity contribution in [2.45, 2.75) is 19.1 Å². The Balaban J connectivity index is 1.58. The molecule has 1 N–H and O–H groups in total. The number of anilines is 3. The van der Waals surface area contributed by atoms with Crippen LogP contribution in [0.25, 0.3) is 11.3 Å². The summed E-state index contributed by atoms with van der Waals surface area (Å²) < 4.78 is 63.6. The molecule has 4 heterocycles. The minimum atomic E-state index is -4.94. The van der Waals surface area contributed by atoms with E-state index in [-0.39, 0.29) is 17.3 Å². The van der Waals surface area contributed by atoms with E-state index < -0.39 is 34.6 Å². The number of hydrogen-bond donors (Lipinski definition) is 1. The number of piperazine rings is 1. The number of ether oxygens (including phenoxy) is 1. The standard InChI is InChI=1S/C29H32F4N6O3/c1-18-16-39(8-7-36(18)2)25-15-22(30)19(23-5-4-6-26(34-23)38-9-11-42-12-10-38)13-24(25)35-28(41)20-17-37(3)27(40)14-21(20)29(31,32)33/h4-6,13-15,17-18H,7-12,16H2,1-3H3,(H,35,41)/t18-/m0/s1. The van der Waals surface area contributed by atoms with Gasteiger partial charge in [-0.1, -0.05) is 6.07 Å². The lowest BCUT2D eigenvalue weighted by Gasteiger charge is -2.39. The quantitative estimate of drug-likeness (QED) is 0.454. The summed E-state index contributed by atoms with van der Waals surface area (Å²) in [5.74, 6) is -1.02. The van der Waals surface area contributed by atoms with Gasteiger partial charge in [0.05, 0.1) is 41.4 Å². The van der Waals surface area contributed by atoms with Crippen molar-refractivity contribution in [2.75, 3.05) is 68.1 Å². The number of nitrogens with one attached hydrogen (secondary N) is 1. The number of pyridine rings is 2. The largest absolute Gasteiger partial charge is 0.417 e. The molecule has 2 aliphatic rings. The van der Waals surface area contributed by atoms with Gasteiger partial charge in [-0.25, -0.2) is 9.37 Å². The summed E-state index contributed by atoms with van der Waals surface area (Å²) in [4.78, 5) is 36.1. The number of carbonyl (C=O) groups excluding carboxylic acids is 1. The second-order valence-corrected chi connectivity index (χ2v) is 10.6. The Morgan fingerprint density at radius 1 is 1.05 bits per heavy atom. The molecule has 3 aromatic rings. The highest BCUT2D eigenvalue weighted by molar-refractivity contribution is 6.07. The molecule has 2 aliphatic heterocycles. The minimum absolute atomic E-state index is 0.0860. The zero-order valence-corrected chi connectivity index (χ0v) is 23.5. The van der Waals surface area contributed by atoms with Gasteiger partial charge in [0.1, 0.15) is 11.6 Å². The monoisotopic (exact) mass is 588 g/mol. The van der Waals surface area contributed by atoms with Crippen molar-refractivity contribution in [3.63, 3.8) is 0 Å². The molecule has 0 unspecified atom stereocenters. The molecule has 2 saturated heterocycles. The van der Waals surface area contributed by atoms with Gasteiger partial charge >= 0.3 is 6.18 Å². The number of hydrogen-bond acceptors (Lipinski definition) is 7. The summed E-state index contributed by atoms with van der Waals surface area (Å²) >= 11 is 0. The van der Waals surface area contributed by atoms with Crippen molar-refractivity contribution in [1.29, 1.82) is 0 Å². The number of morpholine rings is 1. The van der Waals surface area contributed by atoms with Crippen LogP contribution >= 0.6 is 0 Å². The Bertz CT molecular complexity index is 1540. The molecule has 13 heteroatoms. The van der Waals surface area contributed by atoms with Gasteiger partial charge in [-0.3, -0.25) is 9.59 Å². The van der Waals surface area contributed by atoms with Crippen LogP contribution in [0.5, 0.6) is 0 Å². The topological polar surface area (TPSA) is 82.9 Å². The van der Waals surface area contributed by atoms with Crippen LogP contribution in [0.4, 0.5) is 34.8 Å². The molecule has 0 bridgehead atoms. The molecule has 9 nitrogen and oxygen atoms in total. The summed E-state index contributed by atoms with van der Waals surface area (Å²) in [5.41, 5.74) is -2.10. The van der Waals surface area contributed by atoms with Crippen LogP contribution in [0, 0.1) is 5.82 Å². The fraction of sp³-hybridized carbons (Fsp3) is 0.414. The molecule has 2 aromatic heterocycles. The van der Waals surface area contributed by atoms with E-state index in [0.717, 1.165) is 10.8 Å². The predicted octanol–water partition coefficient (Wildman–Crippen LogP) is 3.83. The van der Waals surface area contributed by atoms with Crippen molar-refractivity contribution in [1.82, 2.24) is 14.5 Å². The fourth-order valence-corrected chi connectivity index (χ4v) is 5.16. The Hall–Kier alpha value is -3.97. The summed E-state index contributed by atoms with van der Waals surface area (Å²) in [6.07, 6.45) is -4.08. The normalized spacial score (nSPS) is 18.3. The predicted molar refractivity (Wildman–Crippen MR) is 152 cm³/mol. The van der Waals surface area contributed by atoms with Gasteiger partial charge in [0, 0.05) is 63.6 Å². The van der Waals surface area contributed by atoms with Gasteiger partial charge in [0.15, 0.2) is 0 Å². The maximum atomic E-state index is 15.8. The highest BCUT2D eigenvalue weighted by Crippen LogP contribution is 2.37. The van der Waals surface area contributed by atoms with Crippen molar-refractivity contribution in [3.8, 4) is 11.3 Å². The third kappa shape index (κ3) is 6.12. The van der Waals surface area contributed by atoms with E-state index in [1.165, 1.54) is 19.2 Å². The first kappa shape index (κ1) is 29.5. The summed E-state index contributed by atoms with van der Waals surface area (Å²) in [6.45, 7) is 6.04. The Morgan fingerprint density at radius 3 is 2.48 bits per heavy atom. The molecule has 0 radical (unpaired) electrons. The molecule has 42 heavy (non-hydrogen) atoms. The van der Waals surface area contributed by atoms with E-state index in [4.69, 9.17) is 4.74 Å². The lowest BCUT2D eigenvalue weighted by Crippen LogP contribution is -2.50. The molecule has 2 fully saturated rings. The Morgan fingerprint density at radius 2 is 1.79 bits per heavy atom. The van der Waals surface area contributed by atoms with Crippen LogP contribution in [-0.2, 0) is 18.0 Å². The van der Waals surface area contributed by atoms with Crippen LogP contribution in [0.3, 0.4) is 0 Å². The SMILES string of the molecule is C[C@H]1CN(c2cc(F)c(-c3cccc(N4CCOCC4)n3)cc2NC(=O)c2cn(C)c(=O)cc2C(F)(F)F)CCN1C. The zero-order chi connectivity index (χ0) is 30.2. The van der Waals surface area contributed by atoms with Crippen molar-refractivity contribution in [3.05, 3.63) is 69.9 Å². The fourth-order valence-electron chi connectivity index (χ4n) is 5.16. The highest BCUT2D eigenvalue weighted by Gasteiger charge is 2.36. The summed E-state index contributed by atoms with van der Waals surface area (Å²) in [5, 5.41) is 2.59. The van der Waals surface area contributed by atoms with Gasteiger partial charge in [-0.2, -0.15) is 13.2 Å². The molecule has 0 aliphatic carbocycles. The molecule has 224 valence electrons. The first-order chi connectivity index (χ1) is 19.9. The van der Waals surface area contributed by atoms with Gasteiger partial charge in [-0.15, -0.1) is 0 Å². The maximum absolute atomic E-state index is 15.8. The smallest absolute Gasteiger partial charge is 0.378 e. The zero-order valence-electron chi connectivity index (χ0n) is 23.5. The van der Waals surface area contributed by atoms with Crippen LogP contribution in [0.15, 0.2) is 47.4 Å². The van der Waals surface area contributed by atoms with Gasteiger partial charge in [0.2, 0.25) is 0 Å². The summed E-state index contributed by atoms with van der Waals surface area (Å²) in [7, 11) is 3.24. The average Bonchev–Trinajstić information content (AvgIpc) is 2.96. The van der Waals surface area contributed by atoms with Gasteiger partial charge in [0.25, 0.3) is 11.5 Å². The maximum Gasteiger partial charge on any atom is 0.417 e. The number of nitrogens with zero attached hydrogens (tertiary/aromatic N) is 5. The number of benzene rings is 1. The first-order valence-corrected chi connectivity index (χ1v) is 13.6. The van der Waals surface area contributed by atoms with Gasteiger partial charge in [-0.05, 0) is 38.2 Å². The van der Waals surface area contributed by atoms with E-state index in [2.05, 4.69) is 15.2 Å². The van der Waals surface area contributed by atoms with E-state index in [1.807, 2.05) is 29.8 Å². The minimum Gasteiger partial charge on any atom is -0.378 e. The average molecular weight is 589 g/mol. The van der Waals surface area contributed by atoms with Crippen LogP contribution < -0.4 is 20.7 Å². The summed E-state index contributed by atoms with van der Waals surface area (Å²) in [6, 6.07) is 8.41. The van der Waals surface area contributed by atoms with E-state index in [0.29, 0.717) is 69.2 Å². The molecule has 1 aromatic carbocycles. The Labute approximate surface area is 240 Å². The van der Waals surface area contributed by atoms with Crippen LogP contribution in [-0.4, -0.2) is 79.4 Å². The van der Waals surface area contributed by atoms with Gasteiger partial charge < -0.3 is 29.3 Å². The number of halogens is 4. The number of rotatable bonds is 5. The van der Waals surface area contributed by atoms with Crippen molar-refractivity contribution >= 4 is 23.1 Å². The lowest BCUT2D eigenvalue weighted by molar-refractivity contribution is -0.138. The molecule has 5 rings (SSSR count). The number of carbonyl (C=O) groups is 1. The van der Waals surface area contributed by atoms with E-state index >= 15 is 4.39 Å². The molecule has 0 spiro atoms. The molecular weight excluding hydrogens is 556 g/mol. The lowest BCUT2D eigenvalue weighted by atomic mass is 10.0. The number of aromatic nitrogens is 2. The second-order valence-electron chi connectivity index (χ2n) is 10.6. The van der Waals surface area contributed by atoms with Crippen molar-refractivity contribution < 1.29 is 27.1 Å². The van der Waals surface area contributed by atoms with Crippen LogP contribution in [0.2, 0.25) is 0 Å². The first-order valence-electron chi connectivity index (χ1n) is 13.6. The van der Waals surface area contributed by atoms with Crippen molar-refractivity contribution in [2.24, 2.45) is 7.05 Å². The number of alkyl halides is 3. The van der Waals surface area contributed by atoms with E-state index in [9.17, 15) is 22.8 Å².